The van der Waals surface area contributed by atoms with Gasteiger partial charge in [0.05, 0.1) is 0 Å². The van der Waals surface area contributed by atoms with Gasteiger partial charge in [-0.15, -0.1) is 11.3 Å². The van der Waals surface area contributed by atoms with E-state index in [1.165, 1.54) is 11.3 Å². The first-order valence-corrected chi connectivity index (χ1v) is 8.60. The van der Waals surface area contributed by atoms with Gasteiger partial charge in [-0.05, 0) is 25.0 Å². The zero-order chi connectivity index (χ0) is 13.0. The largest absolute Gasteiger partial charge is 0.396 e. The number of sulfonamides is 1. The van der Waals surface area contributed by atoms with Crippen molar-refractivity contribution in [3.8, 4) is 0 Å². The maximum atomic E-state index is 12.4. The lowest BCUT2D eigenvalue weighted by atomic mass is 10.2. The SMILES string of the molecule is O=S(=O)(c1ccc(CCO)s1)N1CCCCCC1. The molecule has 6 heteroatoms. The van der Waals surface area contributed by atoms with E-state index in [0.717, 1.165) is 30.6 Å². The summed E-state index contributed by atoms with van der Waals surface area (Å²) in [7, 11) is -3.31. The molecule has 4 nitrogen and oxygen atoms in total. The van der Waals surface area contributed by atoms with Crippen molar-refractivity contribution < 1.29 is 13.5 Å². The van der Waals surface area contributed by atoms with E-state index in [9.17, 15) is 8.42 Å². The predicted octanol–water partition coefficient (Wildman–Crippen LogP) is 1.85. The number of rotatable bonds is 4. The van der Waals surface area contributed by atoms with Crippen molar-refractivity contribution in [2.24, 2.45) is 0 Å². The zero-order valence-electron chi connectivity index (χ0n) is 10.3. The fraction of sp³-hybridized carbons (Fsp3) is 0.667. The fourth-order valence-electron chi connectivity index (χ4n) is 2.15. The molecular formula is C12H19NO3S2. The fourth-order valence-corrected chi connectivity index (χ4v) is 5.17. The summed E-state index contributed by atoms with van der Waals surface area (Å²) < 4.78 is 26.9. The molecule has 1 fully saturated rings. The molecule has 0 atom stereocenters. The van der Waals surface area contributed by atoms with Gasteiger partial charge in [-0.2, -0.15) is 4.31 Å². The molecule has 0 aromatic carbocycles. The van der Waals surface area contributed by atoms with Gasteiger partial charge in [0.25, 0.3) is 10.0 Å². The van der Waals surface area contributed by atoms with Crippen molar-refractivity contribution >= 4 is 21.4 Å². The van der Waals surface area contributed by atoms with E-state index in [2.05, 4.69) is 0 Å². The van der Waals surface area contributed by atoms with Gasteiger partial charge in [-0.3, -0.25) is 0 Å². The van der Waals surface area contributed by atoms with E-state index in [-0.39, 0.29) is 6.61 Å². The molecule has 102 valence electrons. The Hall–Kier alpha value is -0.430. The van der Waals surface area contributed by atoms with Gasteiger partial charge in [-0.25, -0.2) is 8.42 Å². The first-order chi connectivity index (χ1) is 8.64. The molecule has 0 saturated carbocycles. The highest BCUT2D eigenvalue weighted by Gasteiger charge is 2.26. The predicted molar refractivity (Wildman–Crippen MR) is 72.3 cm³/mol. The molecule has 1 saturated heterocycles. The Morgan fingerprint density at radius 3 is 2.44 bits per heavy atom. The monoisotopic (exact) mass is 289 g/mol. The quantitative estimate of drug-likeness (QED) is 0.920. The number of aliphatic hydroxyl groups is 1. The third kappa shape index (κ3) is 3.12. The molecule has 1 N–H and O–H groups in total. The van der Waals surface area contributed by atoms with Crippen molar-refractivity contribution in [2.45, 2.75) is 36.3 Å². The van der Waals surface area contributed by atoms with Crippen LogP contribution in [0.3, 0.4) is 0 Å². The number of aliphatic hydroxyl groups excluding tert-OH is 1. The van der Waals surface area contributed by atoms with Gasteiger partial charge in [0.2, 0.25) is 0 Å². The van der Waals surface area contributed by atoms with Crippen LogP contribution in [0.4, 0.5) is 0 Å². The summed E-state index contributed by atoms with van der Waals surface area (Å²) in [6, 6.07) is 3.46. The normalized spacial score (nSPS) is 18.7. The molecule has 18 heavy (non-hydrogen) atoms. The topological polar surface area (TPSA) is 57.6 Å². The third-order valence-corrected chi connectivity index (χ3v) is 6.67. The van der Waals surface area contributed by atoms with Crippen LogP contribution in [0.2, 0.25) is 0 Å². The molecular weight excluding hydrogens is 270 g/mol. The van der Waals surface area contributed by atoms with Crippen LogP contribution in [0.15, 0.2) is 16.3 Å². The van der Waals surface area contributed by atoms with Crippen LogP contribution in [0.25, 0.3) is 0 Å². The summed E-state index contributed by atoms with van der Waals surface area (Å²) >= 11 is 1.28. The average molecular weight is 289 g/mol. The maximum Gasteiger partial charge on any atom is 0.252 e. The highest BCUT2D eigenvalue weighted by molar-refractivity contribution is 7.91. The van der Waals surface area contributed by atoms with Crippen molar-refractivity contribution in [1.29, 1.82) is 0 Å². The third-order valence-electron chi connectivity index (χ3n) is 3.15. The maximum absolute atomic E-state index is 12.4. The van der Waals surface area contributed by atoms with Crippen LogP contribution in [0.1, 0.15) is 30.6 Å². The first-order valence-electron chi connectivity index (χ1n) is 6.34. The van der Waals surface area contributed by atoms with Crippen molar-refractivity contribution in [3.05, 3.63) is 17.0 Å². The van der Waals surface area contributed by atoms with E-state index in [0.29, 0.717) is 23.7 Å². The van der Waals surface area contributed by atoms with Crippen LogP contribution in [0.5, 0.6) is 0 Å². The molecule has 1 aliphatic heterocycles. The molecule has 2 rings (SSSR count). The Morgan fingerprint density at radius 2 is 1.83 bits per heavy atom. The van der Waals surface area contributed by atoms with E-state index < -0.39 is 10.0 Å². The van der Waals surface area contributed by atoms with Crippen LogP contribution in [-0.4, -0.2) is 37.5 Å². The molecule has 0 bridgehead atoms. The van der Waals surface area contributed by atoms with Crippen LogP contribution in [0, 0.1) is 0 Å². The minimum atomic E-state index is -3.31. The van der Waals surface area contributed by atoms with Crippen LogP contribution < -0.4 is 0 Å². The second kappa shape index (κ2) is 6.14. The smallest absolute Gasteiger partial charge is 0.252 e. The van der Waals surface area contributed by atoms with Gasteiger partial charge in [-0.1, -0.05) is 12.8 Å². The van der Waals surface area contributed by atoms with Gasteiger partial charge >= 0.3 is 0 Å². The summed E-state index contributed by atoms with van der Waals surface area (Å²) in [6.45, 7) is 1.33. The molecule has 0 unspecified atom stereocenters. The van der Waals surface area contributed by atoms with Gasteiger partial charge in [0, 0.05) is 31.0 Å². The lowest BCUT2D eigenvalue weighted by molar-refractivity contribution is 0.300. The van der Waals surface area contributed by atoms with Gasteiger partial charge in [0.15, 0.2) is 0 Å². The van der Waals surface area contributed by atoms with E-state index in [4.69, 9.17) is 5.11 Å². The number of hydrogen-bond acceptors (Lipinski definition) is 4. The van der Waals surface area contributed by atoms with Crippen molar-refractivity contribution in [3.63, 3.8) is 0 Å². The Morgan fingerprint density at radius 1 is 1.17 bits per heavy atom. The molecule has 0 aliphatic carbocycles. The molecule has 1 aromatic rings. The van der Waals surface area contributed by atoms with Gasteiger partial charge in [0.1, 0.15) is 4.21 Å². The van der Waals surface area contributed by atoms with Crippen molar-refractivity contribution in [1.82, 2.24) is 4.31 Å². The first kappa shape index (κ1) is 14.0. The Kier molecular flexibility index (Phi) is 4.77. The Bertz CT molecular complexity index is 473. The zero-order valence-corrected chi connectivity index (χ0v) is 12.0. The summed E-state index contributed by atoms with van der Waals surface area (Å²) in [5.74, 6) is 0. The molecule has 1 aliphatic rings. The Labute approximate surface area is 112 Å². The molecule has 0 radical (unpaired) electrons. The van der Waals surface area contributed by atoms with E-state index >= 15 is 0 Å². The second-order valence-electron chi connectivity index (χ2n) is 4.51. The lowest BCUT2D eigenvalue weighted by Crippen LogP contribution is -2.31. The highest BCUT2D eigenvalue weighted by Crippen LogP contribution is 2.26. The van der Waals surface area contributed by atoms with E-state index in [1.54, 1.807) is 16.4 Å². The second-order valence-corrected chi connectivity index (χ2v) is 7.85. The average Bonchev–Trinajstić information content (AvgIpc) is 2.65. The van der Waals surface area contributed by atoms with Gasteiger partial charge < -0.3 is 5.11 Å². The standard InChI is InChI=1S/C12H19NO3S2/c14-10-7-11-5-6-12(17-11)18(15,16)13-8-3-1-2-4-9-13/h5-6,14H,1-4,7-10H2. The summed E-state index contributed by atoms with van der Waals surface area (Å²) in [6.07, 6.45) is 4.67. The van der Waals surface area contributed by atoms with Crippen LogP contribution >= 0.6 is 11.3 Å². The number of thiophene rings is 1. The number of hydrogen-bond donors (Lipinski definition) is 1. The minimum absolute atomic E-state index is 0.0592. The van der Waals surface area contributed by atoms with E-state index in [1.807, 2.05) is 0 Å². The van der Waals surface area contributed by atoms with Crippen LogP contribution in [-0.2, 0) is 16.4 Å². The highest BCUT2D eigenvalue weighted by atomic mass is 32.2. The lowest BCUT2D eigenvalue weighted by Gasteiger charge is -2.18. The molecule has 1 aromatic heterocycles. The number of nitrogens with zero attached hydrogens (tertiary/aromatic N) is 1. The summed E-state index contributed by atoms with van der Waals surface area (Å²) in [4.78, 5) is 0.922. The Balaban J connectivity index is 2.17. The summed E-state index contributed by atoms with van der Waals surface area (Å²) in [5.41, 5.74) is 0. The molecule has 2 heterocycles. The molecule has 0 spiro atoms. The minimum Gasteiger partial charge on any atom is -0.396 e. The summed E-state index contributed by atoms with van der Waals surface area (Å²) in [5, 5.41) is 8.86. The van der Waals surface area contributed by atoms with Crippen molar-refractivity contribution in [2.75, 3.05) is 19.7 Å². The molecule has 0 amide bonds.